The second-order valence-corrected chi connectivity index (χ2v) is 7.54. The highest BCUT2D eigenvalue weighted by Gasteiger charge is 2.10. The first-order chi connectivity index (χ1) is 13.7. The van der Waals surface area contributed by atoms with Gasteiger partial charge in [-0.25, -0.2) is 0 Å². The lowest BCUT2D eigenvalue weighted by Gasteiger charge is -2.10. The molecule has 0 bridgehead atoms. The quantitative estimate of drug-likeness (QED) is 0.330. The maximum atomic E-state index is 5.83. The first-order valence-electron chi connectivity index (χ1n) is 8.27. The number of nitrogen functional groups attached to an aromatic ring is 1. The van der Waals surface area contributed by atoms with Crippen molar-refractivity contribution in [2.24, 2.45) is 0 Å². The first kappa shape index (κ1) is 20.0. The molecule has 1 aromatic carbocycles. The van der Waals surface area contributed by atoms with E-state index in [2.05, 4.69) is 35.8 Å². The zero-order chi connectivity index (χ0) is 19.8. The van der Waals surface area contributed by atoms with Crippen LogP contribution in [0.3, 0.4) is 0 Å². The molecule has 0 aliphatic rings. The molecule has 0 saturated carbocycles. The van der Waals surface area contributed by atoms with Gasteiger partial charge in [0.15, 0.2) is 4.34 Å². The predicted octanol–water partition coefficient (Wildman–Crippen LogP) is 2.41. The van der Waals surface area contributed by atoms with Crippen LogP contribution in [0.1, 0.15) is 5.82 Å². The van der Waals surface area contributed by atoms with Crippen molar-refractivity contribution in [1.29, 1.82) is 0 Å². The lowest BCUT2D eigenvalue weighted by Crippen LogP contribution is -2.07. The second-order valence-electron chi connectivity index (χ2n) is 5.34. The van der Waals surface area contributed by atoms with Crippen LogP contribution in [0.25, 0.3) is 0 Å². The van der Waals surface area contributed by atoms with Gasteiger partial charge in [-0.1, -0.05) is 35.2 Å². The predicted molar refractivity (Wildman–Crippen MR) is 110 cm³/mol. The standard InChI is InChI=1S/C16H20N8O2S2/c1-25-8-7-18-15-23-24-16(28-15)27-9-12-20-13(17)22-14(21-12)19-10-5-3-4-6-11(10)26-2/h3-6H,7-9H2,1-2H3,(H,18,23)(H3,17,19,20,21,22). The summed E-state index contributed by atoms with van der Waals surface area (Å²) in [5, 5.41) is 15.2. The van der Waals surface area contributed by atoms with E-state index in [0.717, 1.165) is 15.2 Å². The fourth-order valence-electron chi connectivity index (χ4n) is 2.15. The smallest absolute Gasteiger partial charge is 0.232 e. The van der Waals surface area contributed by atoms with E-state index in [4.69, 9.17) is 15.2 Å². The van der Waals surface area contributed by atoms with E-state index in [1.807, 2.05) is 24.3 Å². The van der Waals surface area contributed by atoms with Crippen molar-refractivity contribution in [2.45, 2.75) is 10.1 Å². The topological polar surface area (TPSA) is 133 Å². The Bertz CT molecular complexity index is 908. The number of thioether (sulfide) groups is 1. The molecule has 0 saturated heterocycles. The van der Waals surface area contributed by atoms with E-state index in [9.17, 15) is 0 Å². The molecular formula is C16H20N8O2S2. The minimum atomic E-state index is 0.141. The highest BCUT2D eigenvalue weighted by Crippen LogP contribution is 2.29. The number of nitrogens with zero attached hydrogens (tertiary/aromatic N) is 5. The summed E-state index contributed by atoms with van der Waals surface area (Å²) in [5.74, 6) is 2.20. The van der Waals surface area contributed by atoms with Crippen molar-refractivity contribution in [1.82, 2.24) is 25.1 Å². The molecular weight excluding hydrogens is 400 g/mol. The number of hydrogen-bond donors (Lipinski definition) is 3. The summed E-state index contributed by atoms with van der Waals surface area (Å²) in [6, 6.07) is 7.48. The Hall–Kier alpha value is -2.70. The van der Waals surface area contributed by atoms with Gasteiger partial charge in [0.2, 0.25) is 17.0 Å². The molecule has 0 aliphatic heterocycles. The Balaban J connectivity index is 1.63. The first-order valence-corrected chi connectivity index (χ1v) is 10.1. The Kier molecular flexibility index (Phi) is 7.17. The average Bonchev–Trinajstić information content (AvgIpc) is 3.14. The normalized spacial score (nSPS) is 10.6. The summed E-state index contributed by atoms with van der Waals surface area (Å²) in [5.41, 5.74) is 6.58. The fourth-order valence-corrected chi connectivity index (χ4v) is 3.79. The number of nitrogens with two attached hydrogens (primary N) is 1. The van der Waals surface area contributed by atoms with Crippen LogP contribution in [-0.4, -0.2) is 52.5 Å². The maximum Gasteiger partial charge on any atom is 0.232 e. The molecule has 0 atom stereocenters. The summed E-state index contributed by atoms with van der Waals surface area (Å²) in [7, 11) is 3.26. The highest BCUT2D eigenvalue weighted by molar-refractivity contribution is 8.00. The number of ether oxygens (including phenoxy) is 2. The minimum Gasteiger partial charge on any atom is -0.495 e. The second kappa shape index (κ2) is 10.0. The molecule has 0 aliphatic carbocycles. The third-order valence-electron chi connectivity index (χ3n) is 3.37. The number of rotatable bonds is 10. The summed E-state index contributed by atoms with van der Waals surface area (Å²) in [6.45, 7) is 1.28. The van der Waals surface area contributed by atoms with Gasteiger partial charge >= 0.3 is 0 Å². The van der Waals surface area contributed by atoms with Crippen molar-refractivity contribution in [2.75, 3.05) is 43.7 Å². The Morgan fingerprint density at radius 2 is 2.00 bits per heavy atom. The molecule has 3 aromatic rings. The van der Waals surface area contributed by atoms with E-state index in [1.165, 1.54) is 23.1 Å². The van der Waals surface area contributed by atoms with E-state index in [0.29, 0.717) is 36.4 Å². The van der Waals surface area contributed by atoms with Crippen LogP contribution in [0.15, 0.2) is 28.6 Å². The van der Waals surface area contributed by atoms with Crippen molar-refractivity contribution < 1.29 is 9.47 Å². The van der Waals surface area contributed by atoms with E-state index >= 15 is 0 Å². The lowest BCUT2D eigenvalue weighted by molar-refractivity contribution is 0.211. The largest absolute Gasteiger partial charge is 0.495 e. The molecule has 3 rings (SSSR count). The molecule has 28 heavy (non-hydrogen) atoms. The molecule has 0 radical (unpaired) electrons. The monoisotopic (exact) mass is 420 g/mol. The summed E-state index contributed by atoms with van der Waals surface area (Å²) in [6.07, 6.45) is 0. The molecule has 0 fully saturated rings. The lowest BCUT2D eigenvalue weighted by atomic mass is 10.3. The van der Waals surface area contributed by atoms with Gasteiger partial charge in [-0.05, 0) is 12.1 Å². The van der Waals surface area contributed by atoms with Gasteiger partial charge in [0, 0.05) is 13.7 Å². The van der Waals surface area contributed by atoms with Crippen LogP contribution >= 0.6 is 23.1 Å². The third-order valence-corrected chi connectivity index (χ3v) is 5.38. The highest BCUT2D eigenvalue weighted by atomic mass is 32.2. The van der Waals surface area contributed by atoms with Gasteiger partial charge < -0.3 is 25.8 Å². The summed E-state index contributed by atoms with van der Waals surface area (Å²) >= 11 is 2.94. The molecule has 0 spiro atoms. The number of anilines is 4. The summed E-state index contributed by atoms with van der Waals surface area (Å²) in [4.78, 5) is 12.7. The van der Waals surface area contributed by atoms with Crippen LogP contribution in [-0.2, 0) is 10.5 Å². The van der Waals surface area contributed by atoms with Gasteiger partial charge in [0.25, 0.3) is 0 Å². The molecule has 148 valence electrons. The van der Waals surface area contributed by atoms with Crippen LogP contribution < -0.4 is 21.1 Å². The van der Waals surface area contributed by atoms with Crippen molar-refractivity contribution in [3.63, 3.8) is 0 Å². The van der Waals surface area contributed by atoms with Gasteiger partial charge in [0.05, 0.1) is 25.2 Å². The van der Waals surface area contributed by atoms with Crippen LogP contribution in [0.2, 0.25) is 0 Å². The summed E-state index contributed by atoms with van der Waals surface area (Å²) < 4.78 is 11.1. The van der Waals surface area contributed by atoms with Crippen LogP contribution in [0.4, 0.5) is 22.7 Å². The van der Waals surface area contributed by atoms with Gasteiger partial charge in [0.1, 0.15) is 11.6 Å². The number of aromatic nitrogens is 5. The van der Waals surface area contributed by atoms with Gasteiger partial charge in [-0.15, -0.1) is 10.2 Å². The molecule has 10 nitrogen and oxygen atoms in total. The Morgan fingerprint density at radius 1 is 1.14 bits per heavy atom. The van der Waals surface area contributed by atoms with E-state index in [-0.39, 0.29) is 5.95 Å². The van der Waals surface area contributed by atoms with Crippen molar-refractivity contribution in [3.8, 4) is 5.75 Å². The van der Waals surface area contributed by atoms with Gasteiger partial charge in [-0.3, -0.25) is 0 Å². The number of hydrogen-bond acceptors (Lipinski definition) is 12. The Morgan fingerprint density at radius 3 is 2.82 bits per heavy atom. The van der Waals surface area contributed by atoms with Gasteiger partial charge in [-0.2, -0.15) is 15.0 Å². The average molecular weight is 421 g/mol. The molecule has 0 unspecified atom stereocenters. The van der Waals surface area contributed by atoms with Crippen LogP contribution in [0.5, 0.6) is 5.75 Å². The maximum absolute atomic E-state index is 5.83. The third kappa shape index (κ3) is 5.65. The zero-order valence-corrected chi connectivity index (χ0v) is 17.0. The minimum absolute atomic E-state index is 0.141. The Labute approximate surface area is 170 Å². The number of methoxy groups -OCH3 is 2. The molecule has 2 heterocycles. The van der Waals surface area contributed by atoms with E-state index in [1.54, 1.807) is 14.2 Å². The SMILES string of the molecule is COCCNc1nnc(SCc2nc(N)nc(Nc3ccccc3OC)n2)s1. The molecule has 2 aromatic heterocycles. The zero-order valence-electron chi connectivity index (χ0n) is 15.4. The number of nitrogens with one attached hydrogen (secondary N) is 2. The van der Waals surface area contributed by atoms with Crippen LogP contribution in [0, 0.1) is 0 Å². The fraction of sp³-hybridized carbons (Fsp3) is 0.312. The molecule has 0 amide bonds. The van der Waals surface area contributed by atoms with Crippen molar-refractivity contribution in [3.05, 3.63) is 30.1 Å². The number of para-hydroxylation sites is 2. The van der Waals surface area contributed by atoms with Crippen molar-refractivity contribution >= 4 is 45.8 Å². The number of benzene rings is 1. The molecule has 12 heteroatoms. The van der Waals surface area contributed by atoms with E-state index < -0.39 is 0 Å². The molecule has 4 N–H and O–H groups in total.